The molecule has 3 aromatic carbocycles. The van der Waals surface area contributed by atoms with Crippen LogP contribution in [-0.2, 0) is 16.0 Å². The number of nitrogens with one attached hydrogen (secondary N) is 1. The first-order chi connectivity index (χ1) is 16.8. The number of carbonyl (C=O) groups excluding carboxylic acids is 2. The highest BCUT2D eigenvalue weighted by atomic mass is 35.5. The van der Waals surface area contributed by atoms with Crippen LogP contribution in [0.2, 0.25) is 10.0 Å². The van der Waals surface area contributed by atoms with Crippen molar-refractivity contribution in [1.82, 2.24) is 4.90 Å². The lowest BCUT2D eigenvalue weighted by atomic mass is 10.1. The minimum Gasteiger partial charge on any atom is -0.336 e. The van der Waals surface area contributed by atoms with Crippen molar-refractivity contribution in [2.45, 2.75) is 32.7 Å². The molecule has 0 aromatic heterocycles. The number of anilines is 2. The number of amides is 2. The first-order valence-electron chi connectivity index (χ1n) is 11.3. The molecule has 8 heteroatoms. The third kappa shape index (κ3) is 5.50. The molecular weight excluding hydrogens is 501 g/mol. The number of halogens is 2. The zero-order valence-corrected chi connectivity index (χ0v) is 21.8. The van der Waals surface area contributed by atoms with E-state index in [1.807, 2.05) is 62.4 Å². The van der Waals surface area contributed by atoms with Crippen molar-refractivity contribution in [1.29, 1.82) is 0 Å². The van der Waals surface area contributed by atoms with E-state index in [1.165, 1.54) is 0 Å². The molecule has 1 aliphatic heterocycles. The minimum atomic E-state index is -0.774. The van der Waals surface area contributed by atoms with Gasteiger partial charge in [0.05, 0.1) is 22.2 Å². The van der Waals surface area contributed by atoms with Crippen LogP contribution in [0, 0.1) is 13.8 Å². The molecule has 2 amide bonds. The number of hydrogen-bond acceptors (Lipinski definition) is 3. The second-order valence-corrected chi connectivity index (χ2v) is 9.74. The van der Waals surface area contributed by atoms with Gasteiger partial charge < -0.3 is 10.2 Å². The summed E-state index contributed by atoms with van der Waals surface area (Å²) in [4.78, 5) is 29.6. The van der Waals surface area contributed by atoms with Crippen molar-refractivity contribution in [3.63, 3.8) is 0 Å². The molecular formula is C27H25Cl2N3O2S. The topological polar surface area (TPSA) is 52.7 Å². The van der Waals surface area contributed by atoms with Crippen LogP contribution in [0.25, 0.3) is 0 Å². The maximum Gasteiger partial charge on any atom is 0.257 e. The van der Waals surface area contributed by atoms with Gasteiger partial charge in [0.15, 0.2) is 5.11 Å². The summed E-state index contributed by atoms with van der Waals surface area (Å²) >= 11 is 18.4. The molecule has 5 nitrogen and oxygen atoms in total. The highest BCUT2D eigenvalue weighted by molar-refractivity contribution is 7.80. The van der Waals surface area contributed by atoms with E-state index in [-0.39, 0.29) is 28.1 Å². The molecule has 35 heavy (non-hydrogen) atoms. The maximum atomic E-state index is 13.6. The monoisotopic (exact) mass is 525 g/mol. The highest BCUT2D eigenvalue weighted by Crippen LogP contribution is 2.37. The molecule has 1 saturated heterocycles. The predicted octanol–water partition coefficient (Wildman–Crippen LogP) is 6.18. The summed E-state index contributed by atoms with van der Waals surface area (Å²) in [5, 5.41) is 4.17. The van der Waals surface area contributed by atoms with Crippen LogP contribution >= 0.6 is 35.4 Å². The smallest absolute Gasteiger partial charge is 0.257 e. The summed E-state index contributed by atoms with van der Waals surface area (Å²) in [6, 6.07) is 20.1. The average Bonchev–Trinajstić information content (AvgIpc) is 3.11. The van der Waals surface area contributed by atoms with Gasteiger partial charge in [0.1, 0.15) is 6.04 Å². The molecule has 0 spiro atoms. The summed E-state index contributed by atoms with van der Waals surface area (Å²) in [7, 11) is 0. The van der Waals surface area contributed by atoms with Crippen LogP contribution in [0.5, 0.6) is 0 Å². The van der Waals surface area contributed by atoms with Gasteiger partial charge in [-0.1, -0.05) is 71.7 Å². The van der Waals surface area contributed by atoms with Crippen molar-refractivity contribution >= 4 is 63.7 Å². The number of thiocarbonyl (C=S) groups is 1. The number of rotatable bonds is 6. The molecule has 1 heterocycles. The van der Waals surface area contributed by atoms with Gasteiger partial charge >= 0.3 is 0 Å². The first kappa shape index (κ1) is 25.2. The number of hydrogen-bond donors (Lipinski definition) is 1. The Morgan fingerprint density at radius 2 is 1.71 bits per heavy atom. The summed E-state index contributed by atoms with van der Waals surface area (Å²) in [5.74, 6) is -0.766. The van der Waals surface area contributed by atoms with E-state index in [2.05, 4.69) is 5.32 Å². The number of nitrogens with zero attached hydrogens (tertiary/aromatic N) is 2. The van der Waals surface area contributed by atoms with Crippen molar-refractivity contribution in [3.05, 3.63) is 93.5 Å². The Labute approximate surface area is 220 Å². The summed E-state index contributed by atoms with van der Waals surface area (Å²) in [6.45, 7) is 4.45. The largest absolute Gasteiger partial charge is 0.336 e. The fourth-order valence-electron chi connectivity index (χ4n) is 4.15. The van der Waals surface area contributed by atoms with E-state index in [1.54, 1.807) is 23.1 Å². The number of para-hydroxylation sites is 1. The van der Waals surface area contributed by atoms with Crippen LogP contribution in [0.1, 0.15) is 23.1 Å². The number of imide groups is 1. The fraction of sp³-hybridized carbons (Fsp3) is 0.222. The standard InChI is InChI=1S/C27H25Cl2N3O2S/c1-17-11-12-18(2)22(15-17)30-27(35)31(14-13-19-7-4-3-5-8-19)23-16-24(33)32(26(23)34)25-20(28)9-6-10-21(25)29/h3-12,15,23H,13-14,16H2,1-2H3,(H,30,35)/t23-/m1/s1. The number of benzene rings is 3. The van der Waals surface area contributed by atoms with Gasteiger partial charge in [-0.05, 0) is 67.4 Å². The molecule has 180 valence electrons. The zero-order valence-electron chi connectivity index (χ0n) is 19.4. The van der Waals surface area contributed by atoms with Gasteiger partial charge in [-0.3, -0.25) is 9.59 Å². The third-order valence-corrected chi connectivity index (χ3v) is 6.99. The van der Waals surface area contributed by atoms with Crippen molar-refractivity contribution in [2.24, 2.45) is 0 Å². The van der Waals surface area contributed by atoms with Crippen LogP contribution in [0.3, 0.4) is 0 Å². The van der Waals surface area contributed by atoms with E-state index < -0.39 is 11.9 Å². The van der Waals surface area contributed by atoms with Gasteiger partial charge in [-0.25, -0.2) is 4.90 Å². The van der Waals surface area contributed by atoms with E-state index in [4.69, 9.17) is 35.4 Å². The van der Waals surface area contributed by atoms with Gasteiger partial charge in [0.2, 0.25) is 5.91 Å². The molecule has 0 radical (unpaired) electrons. The van der Waals surface area contributed by atoms with Gasteiger partial charge in [0, 0.05) is 12.2 Å². The van der Waals surface area contributed by atoms with Crippen molar-refractivity contribution in [2.75, 3.05) is 16.8 Å². The van der Waals surface area contributed by atoms with E-state index in [0.29, 0.717) is 18.1 Å². The molecule has 4 rings (SSSR count). The summed E-state index contributed by atoms with van der Waals surface area (Å²) in [6.07, 6.45) is 0.629. The second kappa shape index (κ2) is 10.8. The van der Waals surface area contributed by atoms with Gasteiger partial charge in [-0.15, -0.1) is 0 Å². The molecule has 0 aliphatic carbocycles. The Hall–Kier alpha value is -2.93. The normalized spacial score (nSPS) is 15.4. The zero-order chi connectivity index (χ0) is 25.1. The molecule has 0 bridgehead atoms. The summed E-state index contributed by atoms with van der Waals surface area (Å²) in [5.41, 5.74) is 4.30. The van der Waals surface area contributed by atoms with E-state index in [9.17, 15) is 9.59 Å². The lowest BCUT2D eigenvalue weighted by Gasteiger charge is -2.31. The van der Waals surface area contributed by atoms with Gasteiger partial charge in [0.25, 0.3) is 5.91 Å². The Kier molecular flexibility index (Phi) is 7.75. The molecule has 3 aromatic rings. The lowest BCUT2D eigenvalue weighted by Crippen LogP contribution is -2.48. The number of carbonyl (C=O) groups is 2. The lowest BCUT2D eigenvalue weighted by molar-refractivity contribution is -0.122. The quantitative estimate of drug-likeness (QED) is 0.307. The average molecular weight is 526 g/mol. The van der Waals surface area contributed by atoms with Crippen LogP contribution in [0.15, 0.2) is 66.7 Å². The summed E-state index contributed by atoms with van der Waals surface area (Å²) < 4.78 is 0. The highest BCUT2D eigenvalue weighted by Gasteiger charge is 2.44. The molecule has 0 unspecified atom stereocenters. The maximum absolute atomic E-state index is 13.6. The Bertz CT molecular complexity index is 1260. The van der Waals surface area contributed by atoms with Crippen LogP contribution in [0.4, 0.5) is 11.4 Å². The molecule has 1 atom stereocenters. The van der Waals surface area contributed by atoms with E-state index in [0.717, 1.165) is 27.3 Å². The Balaban J connectivity index is 1.64. The molecule has 1 aliphatic rings. The molecule has 0 saturated carbocycles. The van der Waals surface area contributed by atoms with Crippen LogP contribution < -0.4 is 10.2 Å². The first-order valence-corrected chi connectivity index (χ1v) is 12.4. The Morgan fingerprint density at radius 1 is 1.03 bits per heavy atom. The van der Waals surface area contributed by atoms with Crippen molar-refractivity contribution in [3.8, 4) is 0 Å². The molecule has 1 fully saturated rings. The van der Waals surface area contributed by atoms with Crippen LogP contribution in [-0.4, -0.2) is 34.4 Å². The third-order valence-electron chi connectivity index (χ3n) is 6.04. The number of aryl methyl sites for hydroxylation is 2. The SMILES string of the molecule is Cc1ccc(C)c(NC(=S)N(CCc2ccccc2)[C@@H]2CC(=O)N(c3c(Cl)cccc3Cl)C2=O)c1. The molecule has 1 N–H and O–H groups in total. The van der Waals surface area contributed by atoms with Gasteiger partial charge in [-0.2, -0.15) is 0 Å². The predicted molar refractivity (Wildman–Crippen MR) is 146 cm³/mol. The van der Waals surface area contributed by atoms with Crippen molar-refractivity contribution < 1.29 is 9.59 Å². The fourth-order valence-corrected chi connectivity index (χ4v) is 5.04. The second-order valence-electron chi connectivity index (χ2n) is 8.54. The van der Waals surface area contributed by atoms with E-state index >= 15 is 0 Å². The minimum absolute atomic E-state index is 0.0240. The Morgan fingerprint density at radius 3 is 2.40 bits per heavy atom.